The fourth-order valence-electron chi connectivity index (χ4n) is 1.63. The summed E-state index contributed by atoms with van der Waals surface area (Å²) in [6, 6.07) is 10.0. The first kappa shape index (κ1) is 14.4. The number of carbonyl (C=O) groups excluding carboxylic acids is 2. The Kier molecular flexibility index (Phi) is 4.40. The van der Waals surface area contributed by atoms with E-state index in [-0.39, 0.29) is 11.5 Å². The number of benzene rings is 1. The molecule has 108 valence electrons. The molecule has 1 heterocycles. The summed E-state index contributed by atoms with van der Waals surface area (Å²) in [7, 11) is 1.56. The standard InChI is InChI=1S/C15H14N2O4/c1-20-11-6-4-10(5-7-11)9-12(14(16)18)17-15(19)13-3-2-8-21-13/h2-9H,1H3,(H2,16,18)(H,17,19). The number of hydrogen-bond acceptors (Lipinski definition) is 4. The van der Waals surface area contributed by atoms with Crippen LogP contribution in [0.4, 0.5) is 0 Å². The van der Waals surface area contributed by atoms with Crippen LogP contribution in [0.25, 0.3) is 6.08 Å². The Bertz CT molecular complexity index is 657. The van der Waals surface area contributed by atoms with Gasteiger partial charge in [-0.1, -0.05) is 12.1 Å². The van der Waals surface area contributed by atoms with Crippen molar-refractivity contribution >= 4 is 17.9 Å². The molecule has 0 aliphatic carbocycles. The molecule has 6 nitrogen and oxygen atoms in total. The monoisotopic (exact) mass is 286 g/mol. The van der Waals surface area contributed by atoms with Crippen LogP contribution in [0.15, 0.2) is 52.8 Å². The number of nitrogens with one attached hydrogen (secondary N) is 1. The van der Waals surface area contributed by atoms with Gasteiger partial charge in [0.2, 0.25) is 0 Å². The first-order valence-electron chi connectivity index (χ1n) is 6.10. The summed E-state index contributed by atoms with van der Waals surface area (Å²) in [5.41, 5.74) is 5.94. The van der Waals surface area contributed by atoms with Gasteiger partial charge in [-0.25, -0.2) is 0 Å². The molecule has 1 aromatic carbocycles. The van der Waals surface area contributed by atoms with Gasteiger partial charge in [0.1, 0.15) is 11.4 Å². The van der Waals surface area contributed by atoms with E-state index in [1.165, 1.54) is 18.4 Å². The largest absolute Gasteiger partial charge is 0.497 e. The minimum atomic E-state index is -0.745. The number of primary amides is 1. The maximum atomic E-state index is 11.8. The first-order valence-corrected chi connectivity index (χ1v) is 6.10. The number of methoxy groups -OCH3 is 1. The van der Waals surface area contributed by atoms with Crippen molar-refractivity contribution in [1.82, 2.24) is 5.32 Å². The highest BCUT2D eigenvalue weighted by Crippen LogP contribution is 2.13. The summed E-state index contributed by atoms with van der Waals surface area (Å²) < 4.78 is 9.99. The Hall–Kier alpha value is -3.02. The van der Waals surface area contributed by atoms with Crippen molar-refractivity contribution in [3.63, 3.8) is 0 Å². The SMILES string of the molecule is COc1ccc(C=C(NC(=O)c2ccco2)C(N)=O)cc1. The molecule has 0 atom stereocenters. The van der Waals surface area contributed by atoms with E-state index in [0.29, 0.717) is 11.3 Å². The molecular weight excluding hydrogens is 272 g/mol. The molecule has 6 heteroatoms. The van der Waals surface area contributed by atoms with Crippen LogP contribution >= 0.6 is 0 Å². The molecule has 0 bridgehead atoms. The van der Waals surface area contributed by atoms with Gasteiger partial charge in [0.25, 0.3) is 11.8 Å². The molecule has 0 aliphatic heterocycles. The third kappa shape index (κ3) is 3.73. The predicted molar refractivity (Wildman–Crippen MR) is 76.3 cm³/mol. The van der Waals surface area contributed by atoms with Crippen LogP contribution in [0.3, 0.4) is 0 Å². The lowest BCUT2D eigenvalue weighted by Gasteiger charge is -2.05. The zero-order valence-electron chi connectivity index (χ0n) is 11.3. The average molecular weight is 286 g/mol. The van der Waals surface area contributed by atoms with E-state index >= 15 is 0 Å². The summed E-state index contributed by atoms with van der Waals surface area (Å²) in [5.74, 6) is -0.506. The van der Waals surface area contributed by atoms with Gasteiger partial charge < -0.3 is 20.2 Å². The van der Waals surface area contributed by atoms with Gasteiger partial charge in [0, 0.05) is 0 Å². The molecule has 0 saturated carbocycles. The van der Waals surface area contributed by atoms with Crippen LogP contribution in [0.5, 0.6) is 5.75 Å². The van der Waals surface area contributed by atoms with Crippen LogP contribution in [0.1, 0.15) is 16.1 Å². The molecule has 0 radical (unpaired) electrons. The van der Waals surface area contributed by atoms with Gasteiger partial charge >= 0.3 is 0 Å². The molecule has 0 spiro atoms. The van der Waals surface area contributed by atoms with Gasteiger partial charge in [-0.15, -0.1) is 0 Å². The zero-order chi connectivity index (χ0) is 15.2. The summed E-state index contributed by atoms with van der Waals surface area (Å²) in [6.07, 6.45) is 2.84. The number of furan rings is 1. The van der Waals surface area contributed by atoms with Gasteiger partial charge in [-0.3, -0.25) is 9.59 Å². The van der Waals surface area contributed by atoms with Crippen molar-refractivity contribution in [3.8, 4) is 5.75 Å². The Balaban J connectivity index is 2.19. The Labute approximate surface area is 121 Å². The number of rotatable bonds is 5. The van der Waals surface area contributed by atoms with Crippen LogP contribution < -0.4 is 15.8 Å². The van der Waals surface area contributed by atoms with E-state index in [0.717, 1.165) is 0 Å². The van der Waals surface area contributed by atoms with Crippen molar-refractivity contribution in [2.75, 3.05) is 7.11 Å². The van der Waals surface area contributed by atoms with Crippen LogP contribution in [0.2, 0.25) is 0 Å². The third-order valence-corrected chi connectivity index (χ3v) is 2.69. The van der Waals surface area contributed by atoms with Crippen LogP contribution in [-0.4, -0.2) is 18.9 Å². The van der Waals surface area contributed by atoms with E-state index in [2.05, 4.69) is 5.32 Å². The van der Waals surface area contributed by atoms with Gasteiger partial charge in [-0.05, 0) is 35.9 Å². The molecular formula is C15H14N2O4. The quantitative estimate of drug-likeness (QED) is 0.815. The second-order valence-electron chi connectivity index (χ2n) is 4.13. The Morgan fingerprint density at radius 2 is 1.95 bits per heavy atom. The average Bonchev–Trinajstić information content (AvgIpc) is 3.01. The lowest BCUT2D eigenvalue weighted by atomic mass is 10.2. The molecule has 0 saturated heterocycles. The van der Waals surface area contributed by atoms with E-state index in [9.17, 15) is 9.59 Å². The van der Waals surface area contributed by atoms with E-state index in [1.54, 1.807) is 37.4 Å². The lowest BCUT2D eigenvalue weighted by molar-refractivity contribution is -0.114. The fourth-order valence-corrected chi connectivity index (χ4v) is 1.63. The van der Waals surface area contributed by atoms with Crippen molar-refractivity contribution < 1.29 is 18.7 Å². The minimum Gasteiger partial charge on any atom is -0.497 e. The molecule has 1 aromatic heterocycles. The minimum absolute atomic E-state index is 0.0263. The summed E-state index contributed by atoms with van der Waals surface area (Å²) in [4.78, 5) is 23.3. The molecule has 3 N–H and O–H groups in total. The maximum Gasteiger partial charge on any atom is 0.291 e. The van der Waals surface area contributed by atoms with Crippen molar-refractivity contribution in [2.45, 2.75) is 0 Å². The number of amides is 2. The Morgan fingerprint density at radius 1 is 1.24 bits per heavy atom. The molecule has 0 unspecified atom stereocenters. The molecule has 2 rings (SSSR count). The smallest absolute Gasteiger partial charge is 0.291 e. The molecule has 0 aliphatic rings. The van der Waals surface area contributed by atoms with Gasteiger partial charge in [0.15, 0.2) is 5.76 Å². The first-order chi connectivity index (χ1) is 10.1. The number of carbonyl (C=O) groups is 2. The highest BCUT2D eigenvalue weighted by molar-refractivity contribution is 6.03. The van der Waals surface area contributed by atoms with Gasteiger partial charge in [-0.2, -0.15) is 0 Å². The lowest BCUT2D eigenvalue weighted by Crippen LogP contribution is -2.30. The number of hydrogen-bond donors (Lipinski definition) is 2. The molecule has 2 amide bonds. The zero-order valence-corrected chi connectivity index (χ0v) is 11.3. The van der Waals surface area contributed by atoms with Crippen LogP contribution in [0, 0.1) is 0 Å². The summed E-state index contributed by atoms with van der Waals surface area (Å²) in [5, 5.41) is 2.42. The molecule has 2 aromatic rings. The number of nitrogens with two attached hydrogens (primary N) is 1. The van der Waals surface area contributed by atoms with Crippen LogP contribution in [-0.2, 0) is 4.79 Å². The van der Waals surface area contributed by atoms with E-state index < -0.39 is 11.8 Å². The summed E-state index contributed by atoms with van der Waals surface area (Å²) in [6.45, 7) is 0. The second kappa shape index (κ2) is 6.42. The van der Waals surface area contributed by atoms with E-state index in [1.807, 2.05) is 0 Å². The highest BCUT2D eigenvalue weighted by atomic mass is 16.5. The van der Waals surface area contributed by atoms with Gasteiger partial charge in [0.05, 0.1) is 13.4 Å². The maximum absolute atomic E-state index is 11.8. The van der Waals surface area contributed by atoms with Crippen molar-refractivity contribution in [2.24, 2.45) is 5.73 Å². The molecule has 0 fully saturated rings. The predicted octanol–water partition coefficient (Wildman–Crippen LogP) is 1.54. The topological polar surface area (TPSA) is 94.6 Å². The normalized spacial score (nSPS) is 11.0. The summed E-state index contributed by atoms with van der Waals surface area (Å²) >= 11 is 0. The molecule has 21 heavy (non-hydrogen) atoms. The highest BCUT2D eigenvalue weighted by Gasteiger charge is 2.13. The third-order valence-electron chi connectivity index (χ3n) is 2.69. The second-order valence-corrected chi connectivity index (χ2v) is 4.13. The van der Waals surface area contributed by atoms with E-state index in [4.69, 9.17) is 14.9 Å². The van der Waals surface area contributed by atoms with Crippen molar-refractivity contribution in [3.05, 3.63) is 59.7 Å². The van der Waals surface area contributed by atoms with Crippen molar-refractivity contribution in [1.29, 1.82) is 0 Å². The fraction of sp³-hybridized carbons (Fsp3) is 0.0667. The number of ether oxygens (including phenoxy) is 1. The Morgan fingerprint density at radius 3 is 2.48 bits per heavy atom.